The van der Waals surface area contributed by atoms with Crippen molar-refractivity contribution in [3.63, 3.8) is 0 Å². The molecular formula is C14H25N3O. The molecule has 0 aliphatic carbocycles. The lowest BCUT2D eigenvalue weighted by molar-refractivity contribution is 0.176. The Morgan fingerprint density at radius 3 is 3.17 bits per heavy atom. The van der Waals surface area contributed by atoms with Crippen molar-refractivity contribution in [1.82, 2.24) is 9.88 Å². The third-order valence-electron chi connectivity index (χ3n) is 3.92. The predicted octanol–water partition coefficient (Wildman–Crippen LogP) is 2.01. The van der Waals surface area contributed by atoms with E-state index >= 15 is 0 Å². The molecule has 2 N–H and O–H groups in total. The van der Waals surface area contributed by atoms with Gasteiger partial charge in [-0.2, -0.15) is 0 Å². The van der Waals surface area contributed by atoms with Crippen LogP contribution >= 0.6 is 0 Å². The van der Waals surface area contributed by atoms with Crippen LogP contribution in [-0.2, 0) is 6.42 Å². The maximum atomic E-state index is 5.80. The van der Waals surface area contributed by atoms with E-state index in [-0.39, 0.29) is 5.92 Å². The van der Waals surface area contributed by atoms with Crippen LogP contribution in [0.25, 0.3) is 0 Å². The first-order valence-electron chi connectivity index (χ1n) is 7.10. The Balaban J connectivity index is 1.90. The molecule has 1 aromatic rings. The second kappa shape index (κ2) is 6.34. The van der Waals surface area contributed by atoms with Crippen molar-refractivity contribution in [1.29, 1.82) is 0 Å². The highest BCUT2D eigenvalue weighted by molar-refractivity contribution is 5.01. The molecule has 102 valence electrons. The summed E-state index contributed by atoms with van der Waals surface area (Å²) in [6.45, 7) is 8.49. The van der Waals surface area contributed by atoms with E-state index in [1.807, 2.05) is 6.20 Å². The van der Waals surface area contributed by atoms with Crippen LogP contribution in [0.5, 0.6) is 0 Å². The number of aromatic nitrogens is 1. The SMILES string of the molecule is CCN1CCCC(Cc2ncc(C(C)CN)o2)C1. The molecule has 1 aliphatic heterocycles. The predicted molar refractivity (Wildman–Crippen MR) is 72.5 cm³/mol. The van der Waals surface area contributed by atoms with E-state index < -0.39 is 0 Å². The second-order valence-electron chi connectivity index (χ2n) is 5.40. The molecule has 2 atom stereocenters. The molecule has 4 nitrogen and oxygen atoms in total. The Kier molecular flexibility index (Phi) is 4.78. The van der Waals surface area contributed by atoms with Crippen molar-refractivity contribution < 1.29 is 4.42 Å². The van der Waals surface area contributed by atoms with Gasteiger partial charge in [-0.1, -0.05) is 13.8 Å². The molecule has 0 radical (unpaired) electrons. The fourth-order valence-electron chi connectivity index (χ4n) is 2.61. The van der Waals surface area contributed by atoms with Crippen LogP contribution in [0.3, 0.4) is 0 Å². The van der Waals surface area contributed by atoms with E-state index in [9.17, 15) is 0 Å². The Bertz CT molecular complexity index is 364. The second-order valence-corrected chi connectivity index (χ2v) is 5.40. The maximum absolute atomic E-state index is 5.80. The summed E-state index contributed by atoms with van der Waals surface area (Å²) >= 11 is 0. The molecule has 0 bridgehead atoms. The number of piperidine rings is 1. The van der Waals surface area contributed by atoms with Crippen LogP contribution in [0.4, 0.5) is 0 Å². The number of oxazole rings is 1. The average Bonchev–Trinajstić information content (AvgIpc) is 2.86. The highest BCUT2D eigenvalue weighted by Crippen LogP contribution is 2.22. The van der Waals surface area contributed by atoms with Gasteiger partial charge in [-0.05, 0) is 31.8 Å². The number of likely N-dealkylation sites (tertiary alicyclic amines) is 1. The van der Waals surface area contributed by atoms with E-state index in [2.05, 4.69) is 23.7 Å². The molecule has 18 heavy (non-hydrogen) atoms. The first-order valence-corrected chi connectivity index (χ1v) is 7.10. The van der Waals surface area contributed by atoms with Crippen molar-refractivity contribution in [2.45, 2.75) is 39.0 Å². The summed E-state index contributed by atoms with van der Waals surface area (Å²) in [5, 5.41) is 0. The van der Waals surface area contributed by atoms with Crippen molar-refractivity contribution in [3.05, 3.63) is 17.8 Å². The van der Waals surface area contributed by atoms with E-state index in [0.29, 0.717) is 12.5 Å². The summed E-state index contributed by atoms with van der Waals surface area (Å²) in [6.07, 6.45) is 5.40. The van der Waals surface area contributed by atoms with Gasteiger partial charge < -0.3 is 15.1 Å². The third-order valence-corrected chi connectivity index (χ3v) is 3.92. The molecule has 1 aromatic heterocycles. The minimum Gasteiger partial charge on any atom is -0.445 e. The minimum atomic E-state index is 0.268. The van der Waals surface area contributed by atoms with Gasteiger partial charge in [0.05, 0.1) is 6.20 Å². The van der Waals surface area contributed by atoms with Crippen LogP contribution in [-0.4, -0.2) is 36.1 Å². The summed E-state index contributed by atoms with van der Waals surface area (Å²) in [4.78, 5) is 6.90. The zero-order chi connectivity index (χ0) is 13.0. The Morgan fingerprint density at radius 1 is 1.61 bits per heavy atom. The average molecular weight is 251 g/mol. The highest BCUT2D eigenvalue weighted by atomic mass is 16.4. The molecule has 0 spiro atoms. The zero-order valence-electron chi connectivity index (χ0n) is 11.6. The number of nitrogens with zero attached hydrogens (tertiary/aromatic N) is 2. The Morgan fingerprint density at radius 2 is 2.44 bits per heavy atom. The van der Waals surface area contributed by atoms with Gasteiger partial charge in [0, 0.05) is 25.4 Å². The van der Waals surface area contributed by atoms with E-state index in [1.165, 1.54) is 25.9 Å². The fraction of sp³-hybridized carbons (Fsp3) is 0.786. The van der Waals surface area contributed by atoms with Gasteiger partial charge >= 0.3 is 0 Å². The van der Waals surface area contributed by atoms with E-state index in [1.54, 1.807) is 0 Å². The van der Waals surface area contributed by atoms with Crippen LogP contribution in [0.2, 0.25) is 0 Å². The van der Waals surface area contributed by atoms with Gasteiger partial charge in [0.1, 0.15) is 5.76 Å². The molecular weight excluding hydrogens is 226 g/mol. The molecule has 1 aliphatic rings. The topological polar surface area (TPSA) is 55.3 Å². The summed E-state index contributed by atoms with van der Waals surface area (Å²) in [5.41, 5.74) is 5.64. The lowest BCUT2D eigenvalue weighted by atomic mass is 9.95. The Hall–Kier alpha value is -0.870. The van der Waals surface area contributed by atoms with Crippen LogP contribution in [0.15, 0.2) is 10.6 Å². The zero-order valence-corrected chi connectivity index (χ0v) is 11.6. The van der Waals surface area contributed by atoms with Crippen LogP contribution in [0.1, 0.15) is 44.3 Å². The van der Waals surface area contributed by atoms with Crippen molar-refractivity contribution in [2.24, 2.45) is 11.7 Å². The number of hydrogen-bond acceptors (Lipinski definition) is 4. The van der Waals surface area contributed by atoms with E-state index in [0.717, 1.165) is 24.6 Å². The quantitative estimate of drug-likeness (QED) is 0.869. The van der Waals surface area contributed by atoms with Crippen LogP contribution in [0, 0.1) is 5.92 Å². The molecule has 1 saturated heterocycles. The highest BCUT2D eigenvalue weighted by Gasteiger charge is 2.21. The summed E-state index contributed by atoms with van der Waals surface area (Å²) < 4.78 is 5.80. The summed E-state index contributed by atoms with van der Waals surface area (Å²) in [5.74, 6) is 2.77. The van der Waals surface area contributed by atoms with Gasteiger partial charge in [-0.3, -0.25) is 0 Å². The molecule has 4 heteroatoms. The first kappa shape index (κ1) is 13.6. The number of hydrogen-bond donors (Lipinski definition) is 1. The molecule has 2 heterocycles. The number of nitrogens with two attached hydrogens (primary N) is 1. The van der Waals surface area contributed by atoms with E-state index in [4.69, 9.17) is 10.2 Å². The standard InChI is InChI=1S/C14H25N3O/c1-3-17-6-4-5-12(10-17)7-14-16-9-13(18-14)11(2)8-15/h9,11-12H,3-8,10,15H2,1-2H3. The monoisotopic (exact) mass is 251 g/mol. The summed E-state index contributed by atoms with van der Waals surface area (Å²) in [7, 11) is 0. The van der Waals surface area contributed by atoms with Crippen LogP contribution < -0.4 is 5.73 Å². The largest absolute Gasteiger partial charge is 0.445 e. The van der Waals surface area contributed by atoms with Crippen molar-refractivity contribution >= 4 is 0 Å². The smallest absolute Gasteiger partial charge is 0.194 e. The minimum absolute atomic E-state index is 0.268. The molecule has 0 saturated carbocycles. The molecule has 2 rings (SSSR count). The molecule has 1 fully saturated rings. The third kappa shape index (κ3) is 3.33. The van der Waals surface area contributed by atoms with Gasteiger partial charge in [-0.25, -0.2) is 4.98 Å². The molecule has 0 aromatic carbocycles. The lowest BCUT2D eigenvalue weighted by Crippen LogP contribution is -2.35. The normalized spacial score (nSPS) is 23.2. The Labute approximate surface area is 110 Å². The fourth-order valence-corrected chi connectivity index (χ4v) is 2.61. The lowest BCUT2D eigenvalue weighted by Gasteiger charge is -2.31. The van der Waals surface area contributed by atoms with Gasteiger partial charge in [0.25, 0.3) is 0 Å². The maximum Gasteiger partial charge on any atom is 0.194 e. The van der Waals surface area contributed by atoms with Crippen molar-refractivity contribution in [2.75, 3.05) is 26.2 Å². The van der Waals surface area contributed by atoms with Gasteiger partial charge in [0.2, 0.25) is 0 Å². The first-order chi connectivity index (χ1) is 8.72. The molecule has 0 amide bonds. The van der Waals surface area contributed by atoms with Gasteiger partial charge in [0.15, 0.2) is 5.89 Å². The number of rotatable bonds is 5. The van der Waals surface area contributed by atoms with Gasteiger partial charge in [-0.15, -0.1) is 0 Å². The van der Waals surface area contributed by atoms with Crippen molar-refractivity contribution in [3.8, 4) is 0 Å². The molecule has 2 unspecified atom stereocenters. The summed E-state index contributed by atoms with van der Waals surface area (Å²) in [6, 6.07) is 0.